The van der Waals surface area contributed by atoms with Crippen LogP contribution in [-0.2, 0) is 0 Å². The minimum Gasteiger partial charge on any atom is -0.382 e. The number of aromatic nitrogens is 1. The minimum atomic E-state index is 0.143. The van der Waals surface area contributed by atoms with E-state index in [1.54, 1.807) is 12.1 Å². The number of halogens is 1. The average molecular weight is 206 g/mol. The van der Waals surface area contributed by atoms with Crippen molar-refractivity contribution < 1.29 is 4.79 Å². The van der Waals surface area contributed by atoms with Gasteiger partial charge in [0.15, 0.2) is 6.29 Å². The van der Waals surface area contributed by atoms with Crippen LogP contribution in [-0.4, -0.2) is 25.7 Å². The molecule has 14 heavy (non-hydrogen) atoms. The summed E-state index contributed by atoms with van der Waals surface area (Å²) in [7, 11) is 5.65. The molecule has 0 bridgehead atoms. The molecule has 1 aromatic heterocycles. The van der Waals surface area contributed by atoms with Crippen LogP contribution in [0.15, 0.2) is 18.7 Å². The first-order chi connectivity index (χ1) is 6.69. The Bertz CT molecular complexity index is 368. The number of rotatable bonds is 4. The lowest BCUT2D eigenvalue weighted by molar-refractivity contribution is 0.112. The molecule has 0 aromatic carbocycles. The van der Waals surface area contributed by atoms with E-state index in [1.165, 1.54) is 0 Å². The molecule has 1 heterocycles. The zero-order valence-electron chi connectivity index (χ0n) is 7.46. The summed E-state index contributed by atoms with van der Waals surface area (Å²) in [6, 6.07) is 1.56. The number of aldehydes is 1. The van der Waals surface area contributed by atoms with Crippen LogP contribution in [0.25, 0.3) is 0 Å². The Labute approximate surface area is 88.6 Å². The molecule has 1 aromatic rings. The van der Waals surface area contributed by atoms with Crippen molar-refractivity contribution in [1.29, 1.82) is 0 Å². The second-order valence-electron chi connectivity index (χ2n) is 2.58. The summed E-state index contributed by atoms with van der Waals surface area (Å²) in [5.74, 6) is 0. The molecular weight excluding hydrogens is 198 g/mol. The van der Waals surface area contributed by atoms with Crippen LogP contribution in [0.1, 0.15) is 10.5 Å². The van der Waals surface area contributed by atoms with Crippen LogP contribution < -0.4 is 10.8 Å². The van der Waals surface area contributed by atoms with Gasteiger partial charge in [-0.1, -0.05) is 17.7 Å². The topological polar surface area (TPSA) is 42.0 Å². The number of anilines is 1. The molecule has 1 N–H and O–H groups in total. The van der Waals surface area contributed by atoms with Gasteiger partial charge >= 0.3 is 0 Å². The Hall–Kier alpha value is -1.29. The molecule has 0 saturated carbocycles. The Morgan fingerprint density at radius 1 is 1.71 bits per heavy atom. The van der Waals surface area contributed by atoms with Gasteiger partial charge in [0.05, 0.1) is 5.69 Å². The molecule has 5 heteroatoms. The summed E-state index contributed by atoms with van der Waals surface area (Å²) in [5, 5.41) is 3.18. The monoisotopic (exact) mass is 206 g/mol. The van der Waals surface area contributed by atoms with E-state index in [0.29, 0.717) is 24.0 Å². The number of pyridine rings is 1. The third-order valence-corrected chi connectivity index (χ3v) is 1.80. The molecule has 0 atom stereocenters. The fourth-order valence-electron chi connectivity index (χ4n) is 0.961. The Morgan fingerprint density at radius 3 is 3.00 bits per heavy atom. The average Bonchev–Trinajstić information content (AvgIpc) is 2.18. The quantitative estimate of drug-likeness (QED) is 0.345. The largest absolute Gasteiger partial charge is 0.382 e. The fourth-order valence-corrected chi connectivity index (χ4v) is 1.16. The first-order valence-electron chi connectivity index (χ1n) is 3.95. The molecule has 0 amide bonds. The lowest BCUT2D eigenvalue weighted by Crippen LogP contribution is -2.18. The number of carbonyl (C=O) groups is 1. The minimum absolute atomic E-state index is 0.143. The number of hydrogen-bond acceptors (Lipinski definition) is 3. The molecule has 0 aliphatic heterocycles. The van der Waals surface area contributed by atoms with Crippen molar-refractivity contribution >= 4 is 36.9 Å². The maximum atomic E-state index is 10.6. The first-order valence-corrected chi connectivity index (χ1v) is 4.32. The maximum absolute atomic E-state index is 10.6. The maximum Gasteiger partial charge on any atom is 0.167 e. The summed E-state index contributed by atoms with van der Waals surface area (Å²) in [6.07, 6.45) is 2.24. The van der Waals surface area contributed by atoms with Gasteiger partial charge in [-0.2, -0.15) is 0 Å². The van der Waals surface area contributed by atoms with Gasteiger partial charge in [-0.05, 0) is 11.5 Å². The SMILES string of the molecule is [B]c1c(NCC=C)cc(Cl)nc1C=O. The third-order valence-electron chi connectivity index (χ3n) is 1.61. The Balaban J connectivity index is 3.08. The summed E-state index contributed by atoms with van der Waals surface area (Å²) in [6.45, 7) is 4.09. The highest BCUT2D eigenvalue weighted by atomic mass is 35.5. The predicted octanol–water partition coefficient (Wildman–Crippen LogP) is 0.939. The lowest BCUT2D eigenvalue weighted by atomic mass is 9.92. The highest BCUT2D eigenvalue weighted by molar-refractivity contribution is 6.39. The number of nitrogens with one attached hydrogen (secondary N) is 1. The molecule has 2 radical (unpaired) electrons. The van der Waals surface area contributed by atoms with Gasteiger partial charge in [-0.25, -0.2) is 4.98 Å². The van der Waals surface area contributed by atoms with E-state index < -0.39 is 0 Å². The van der Waals surface area contributed by atoms with E-state index in [1.807, 2.05) is 0 Å². The van der Waals surface area contributed by atoms with E-state index in [4.69, 9.17) is 19.4 Å². The van der Waals surface area contributed by atoms with E-state index >= 15 is 0 Å². The molecule has 0 fully saturated rings. The van der Waals surface area contributed by atoms with Crippen molar-refractivity contribution in [2.45, 2.75) is 0 Å². The molecule has 0 spiro atoms. The van der Waals surface area contributed by atoms with Crippen LogP contribution in [0.2, 0.25) is 5.15 Å². The standard InChI is InChI=1S/C9H8BClN2O/c1-2-3-12-6-4-8(11)13-7(5-14)9(6)10/h2,4-5H,1,3H2,(H,12,13). The van der Waals surface area contributed by atoms with Gasteiger partial charge in [0.25, 0.3) is 0 Å². The zero-order valence-corrected chi connectivity index (χ0v) is 8.21. The van der Waals surface area contributed by atoms with E-state index in [9.17, 15) is 4.79 Å². The molecule has 0 saturated heterocycles. The van der Waals surface area contributed by atoms with Crippen molar-refractivity contribution in [3.63, 3.8) is 0 Å². The van der Waals surface area contributed by atoms with Gasteiger partial charge in [0.2, 0.25) is 0 Å². The Morgan fingerprint density at radius 2 is 2.43 bits per heavy atom. The number of carbonyl (C=O) groups excluding carboxylic acids is 1. The van der Waals surface area contributed by atoms with Gasteiger partial charge in [0.1, 0.15) is 13.0 Å². The second-order valence-corrected chi connectivity index (χ2v) is 2.97. The van der Waals surface area contributed by atoms with Crippen LogP contribution in [0.3, 0.4) is 0 Å². The van der Waals surface area contributed by atoms with Crippen molar-refractivity contribution in [1.82, 2.24) is 4.98 Å². The van der Waals surface area contributed by atoms with Gasteiger partial charge in [-0.3, -0.25) is 4.79 Å². The highest BCUT2D eigenvalue weighted by Crippen LogP contribution is 2.11. The number of hydrogen-bond donors (Lipinski definition) is 1. The van der Waals surface area contributed by atoms with Crippen molar-refractivity contribution in [3.05, 3.63) is 29.6 Å². The van der Waals surface area contributed by atoms with Crippen LogP contribution >= 0.6 is 11.6 Å². The van der Waals surface area contributed by atoms with Crippen molar-refractivity contribution in [2.24, 2.45) is 0 Å². The molecule has 0 unspecified atom stereocenters. The van der Waals surface area contributed by atoms with Crippen molar-refractivity contribution in [2.75, 3.05) is 11.9 Å². The van der Waals surface area contributed by atoms with Gasteiger partial charge < -0.3 is 5.32 Å². The third kappa shape index (κ3) is 2.36. The Kier molecular flexibility index (Phi) is 3.71. The normalized spacial score (nSPS) is 9.50. The van der Waals surface area contributed by atoms with Crippen LogP contribution in [0.5, 0.6) is 0 Å². The lowest BCUT2D eigenvalue weighted by Gasteiger charge is -2.09. The zero-order chi connectivity index (χ0) is 10.6. The fraction of sp³-hybridized carbons (Fsp3) is 0.111. The summed E-state index contributed by atoms with van der Waals surface area (Å²) in [4.78, 5) is 14.3. The van der Waals surface area contributed by atoms with E-state index in [0.717, 1.165) is 0 Å². The van der Waals surface area contributed by atoms with Crippen molar-refractivity contribution in [3.8, 4) is 0 Å². The molecule has 0 aliphatic rings. The number of nitrogens with zero attached hydrogens (tertiary/aromatic N) is 1. The summed E-state index contributed by atoms with van der Waals surface area (Å²) >= 11 is 5.69. The summed E-state index contributed by atoms with van der Waals surface area (Å²) < 4.78 is 0. The van der Waals surface area contributed by atoms with Crippen LogP contribution in [0, 0.1) is 0 Å². The van der Waals surface area contributed by atoms with E-state index in [-0.39, 0.29) is 10.8 Å². The molecule has 0 aliphatic carbocycles. The molecule has 3 nitrogen and oxygen atoms in total. The summed E-state index contributed by atoms with van der Waals surface area (Å²) in [5.41, 5.74) is 1.03. The molecule has 1 rings (SSSR count). The van der Waals surface area contributed by atoms with Crippen LogP contribution in [0.4, 0.5) is 5.69 Å². The molecular formula is C9H8BClN2O. The first kappa shape index (κ1) is 10.8. The van der Waals surface area contributed by atoms with Gasteiger partial charge in [-0.15, -0.1) is 6.58 Å². The van der Waals surface area contributed by atoms with Gasteiger partial charge in [0, 0.05) is 12.2 Å². The smallest absolute Gasteiger partial charge is 0.167 e. The second kappa shape index (κ2) is 4.81. The predicted molar refractivity (Wildman–Crippen MR) is 58.7 cm³/mol. The van der Waals surface area contributed by atoms with E-state index in [2.05, 4.69) is 16.9 Å². The highest BCUT2D eigenvalue weighted by Gasteiger charge is 2.05. The molecule has 70 valence electrons.